The van der Waals surface area contributed by atoms with Crippen molar-refractivity contribution in [3.05, 3.63) is 0 Å². The van der Waals surface area contributed by atoms with Gasteiger partial charge in [-0.3, -0.25) is 9.59 Å². The van der Waals surface area contributed by atoms with E-state index >= 15 is 0 Å². The Balaban J connectivity index is 2.39. The summed E-state index contributed by atoms with van der Waals surface area (Å²) >= 11 is 0. The van der Waals surface area contributed by atoms with Gasteiger partial charge in [0.25, 0.3) is 0 Å². The molecule has 1 heterocycles. The Morgan fingerprint density at radius 1 is 1.21 bits per heavy atom. The third-order valence-electron chi connectivity index (χ3n) is 4.27. The molecule has 24 heavy (non-hydrogen) atoms. The summed E-state index contributed by atoms with van der Waals surface area (Å²) in [5, 5.41) is 2.87. The maximum Gasteiger partial charge on any atom is 0.409 e. The monoisotopic (exact) mass is 341 g/mol. The molecule has 0 aromatic heterocycles. The summed E-state index contributed by atoms with van der Waals surface area (Å²) in [6.07, 6.45) is 3.60. The molecule has 1 fully saturated rings. The average Bonchev–Trinajstić information content (AvgIpc) is 2.57. The molecular formula is C17H31N3O4. The van der Waals surface area contributed by atoms with Gasteiger partial charge in [0.1, 0.15) is 0 Å². The van der Waals surface area contributed by atoms with Crippen LogP contribution in [-0.4, -0.2) is 66.5 Å². The summed E-state index contributed by atoms with van der Waals surface area (Å²) in [6, 6.07) is 0.112. The van der Waals surface area contributed by atoms with Crippen molar-refractivity contribution in [3.8, 4) is 0 Å². The number of hydrogen-bond acceptors (Lipinski definition) is 4. The molecule has 0 unspecified atom stereocenters. The summed E-state index contributed by atoms with van der Waals surface area (Å²) in [5.41, 5.74) is 0. The first-order valence-electron chi connectivity index (χ1n) is 8.95. The molecule has 0 bridgehead atoms. The highest BCUT2D eigenvalue weighted by atomic mass is 16.6. The molecule has 0 saturated carbocycles. The number of ether oxygens (including phenoxy) is 1. The van der Waals surface area contributed by atoms with Crippen molar-refractivity contribution >= 4 is 17.9 Å². The van der Waals surface area contributed by atoms with E-state index in [1.807, 2.05) is 11.8 Å². The minimum Gasteiger partial charge on any atom is -0.450 e. The molecule has 1 rings (SSSR count). The van der Waals surface area contributed by atoms with Gasteiger partial charge in [-0.1, -0.05) is 13.3 Å². The van der Waals surface area contributed by atoms with Gasteiger partial charge in [-0.25, -0.2) is 4.79 Å². The van der Waals surface area contributed by atoms with E-state index in [1.54, 1.807) is 18.7 Å². The lowest BCUT2D eigenvalue weighted by Crippen LogP contribution is -2.50. The Bertz CT molecular complexity index is 420. The molecule has 138 valence electrons. The molecule has 3 amide bonds. The summed E-state index contributed by atoms with van der Waals surface area (Å²) in [7, 11) is 0. The smallest absolute Gasteiger partial charge is 0.409 e. The number of carbonyl (C=O) groups excluding carboxylic acids is 3. The molecule has 1 aliphatic heterocycles. The number of unbranched alkanes of at least 4 members (excludes halogenated alkanes) is 1. The highest BCUT2D eigenvalue weighted by Crippen LogP contribution is 2.17. The molecule has 7 heteroatoms. The zero-order valence-electron chi connectivity index (χ0n) is 15.2. The maximum atomic E-state index is 11.9. The minimum atomic E-state index is -0.284. The topological polar surface area (TPSA) is 79.0 Å². The zero-order chi connectivity index (χ0) is 17.9. The molecule has 0 atom stereocenters. The van der Waals surface area contributed by atoms with E-state index < -0.39 is 0 Å². The number of nitrogens with zero attached hydrogens (tertiary/aromatic N) is 2. The van der Waals surface area contributed by atoms with E-state index in [1.165, 1.54) is 0 Å². The molecule has 0 radical (unpaired) electrons. The summed E-state index contributed by atoms with van der Waals surface area (Å²) in [5.74, 6) is 0.0462. The summed E-state index contributed by atoms with van der Waals surface area (Å²) < 4.78 is 5.01. The van der Waals surface area contributed by atoms with Crippen LogP contribution < -0.4 is 5.32 Å². The quantitative estimate of drug-likeness (QED) is 0.730. The first-order valence-corrected chi connectivity index (χ1v) is 8.95. The predicted octanol–water partition coefficient (Wildman–Crippen LogP) is 1.76. The average molecular weight is 341 g/mol. The molecule has 0 aromatic rings. The van der Waals surface area contributed by atoms with Gasteiger partial charge in [0.15, 0.2) is 0 Å². The van der Waals surface area contributed by atoms with E-state index in [-0.39, 0.29) is 23.9 Å². The van der Waals surface area contributed by atoms with Gasteiger partial charge in [-0.15, -0.1) is 0 Å². The number of nitrogens with one attached hydrogen (secondary N) is 1. The molecule has 1 saturated heterocycles. The van der Waals surface area contributed by atoms with Gasteiger partial charge in [0, 0.05) is 45.6 Å². The van der Waals surface area contributed by atoms with E-state index in [2.05, 4.69) is 5.32 Å². The third kappa shape index (κ3) is 6.76. The second-order valence-corrected chi connectivity index (χ2v) is 6.08. The number of piperidine rings is 1. The van der Waals surface area contributed by atoms with Crippen molar-refractivity contribution in [2.45, 2.75) is 58.9 Å². The zero-order valence-corrected chi connectivity index (χ0v) is 15.2. The lowest BCUT2D eigenvalue weighted by molar-refractivity contribution is -0.132. The van der Waals surface area contributed by atoms with Crippen molar-refractivity contribution in [1.82, 2.24) is 15.1 Å². The number of amides is 3. The fourth-order valence-electron chi connectivity index (χ4n) is 2.91. The number of likely N-dealkylation sites (tertiary alicyclic amines) is 1. The van der Waals surface area contributed by atoms with Crippen LogP contribution >= 0.6 is 0 Å². The first kappa shape index (κ1) is 20.3. The van der Waals surface area contributed by atoms with Crippen molar-refractivity contribution in [2.75, 3.05) is 32.8 Å². The van der Waals surface area contributed by atoms with Crippen LogP contribution in [0.3, 0.4) is 0 Å². The van der Waals surface area contributed by atoms with Crippen LogP contribution in [-0.2, 0) is 14.3 Å². The van der Waals surface area contributed by atoms with E-state index in [4.69, 9.17) is 4.74 Å². The number of carbonyl (C=O) groups is 3. The Hall–Kier alpha value is -1.79. The molecule has 0 aliphatic carbocycles. The van der Waals surface area contributed by atoms with Gasteiger partial charge in [-0.05, 0) is 26.2 Å². The van der Waals surface area contributed by atoms with Gasteiger partial charge in [0.05, 0.1) is 6.61 Å². The van der Waals surface area contributed by atoms with Crippen LogP contribution in [0, 0.1) is 0 Å². The van der Waals surface area contributed by atoms with Crippen LogP contribution in [0.4, 0.5) is 4.79 Å². The molecule has 1 N–H and O–H groups in total. The normalized spacial score (nSPS) is 15.0. The van der Waals surface area contributed by atoms with Gasteiger partial charge < -0.3 is 19.9 Å². The van der Waals surface area contributed by atoms with Crippen molar-refractivity contribution < 1.29 is 19.1 Å². The van der Waals surface area contributed by atoms with Crippen molar-refractivity contribution in [1.29, 1.82) is 0 Å². The lowest BCUT2D eigenvalue weighted by Gasteiger charge is -2.37. The Labute approximate surface area is 144 Å². The summed E-state index contributed by atoms with van der Waals surface area (Å²) in [4.78, 5) is 38.8. The Kier molecular flexibility index (Phi) is 9.19. The van der Waals surface area contributed by atoms with E-state index in [9.17, 15) is 14.4 Å². The first-order chi connectivity index (χ1) is 11.5. The molecule has 7 nitrogen and oxygen atoms in total. The van der Waals surface area contributed by atoms with Crippen LogP contribution in [0.25, 0.3) is 0 Å². The number of rotatable bonds is 8. The van der Waals surface area contributed by atoms with Gasteiger partial charge in [0.2, 0.25) is 11.8 Å². The molecule has 1 aliphatic rings. The molecule has 0 aromatic carbocycles. The lowest BCUT2D eigenvalue weighted by atomic mass is 10.0. The van der Waals surface area contributed by atoms with Crippen molar-refractivity contribution in [2.24, 2.45) is 0 Å². The second kappa shape index (κ2) is 10.9. The fourth-order valence-corrected chi connectivity index (χ4v) is 2.91. The standard InChI is InChI=1S/C17H31N3O4/c1-4-6-7-16(22)18-10-13-20(14(3)21)15-8-11-19(12-9-15)17(23)24-5-2/h15H,4-13H2,1-3H3,(H,18,22). The SMILES string of the molecule is CCCCC(=O)NCCN(C(C)=O)C1CCN(C(=O)OCC)CC1. The maximum absolute atomic E-state index is 11.9. The highest BCUT2D eigenvalue weighted by Gasteiger charge is 2.28. The van der Waals surface area contributed by atoms with Crippen LogP contribution in [0.15, 0.2) is 0 Å². The van der Waals surface area contributed by atoms with Crippen LogP contribution in [0.5, 0.6) is 0 Å². The Morgan fingerprint density at radius 2 is 1.88 bits per heavy atom. The second-order valence-electron chi connectivity index (χ2n) is 6.08. The van der Waals surface area contributed by atoms with Gasteiger partial charge in [-0.2, -0.15) is 0 Å². The van der Waals surface area contributed by atoms with Gasteiger partial charge >= 0.3 is 6.09 Å². The molecule has 0 spiro atoms. The summed E-state index contributed by atoms with van der Waals surface area (Å²) in [6.45, 7) is 7.93. The Morgan fingerprint density at radius 3 is 2.42 bits per heavy atom. The van der Waals surface area contributed by atoms with Crippen LogP contribution in [0.1, 0.15) is 52.9 Å². The predicted molar refractivity (Wildman–Crippen MR) is 91.5 cm³/mol. The highest BCUT2D eigenvalue weighted by molar-refractivity contribution is 5.76. The molecular weight excluding hydrogens is 310 g/mol. The fraction of sp³-hybridized carbons (Fsp3) is 0.824. The third-order valence-corrected chi connectivity index (χ3v) is 4.27. The van der Waals surface area contributed by atoms with Crippen LogP contribution in [0.2, 0.25) is 0 Å². The number of hydrogen-bond donors (Lipinski definition) is 1. The minimum absolute atomic E-state index is 0.00684. The largest absolute Gasteiger partial charge is 0.450 e. The van der Waals surface area contributed by atoms with E-state index in [0.717, 1.165) is 25.7 Å². The van der Waals surface area contributed by atoms with E-state index in [0.29, 0.717) is 39.2 Å². The van der Waals surface area contributed by atoms with Crippen molar-refractivity contribution in [3.63, 3.8) is 0 Å².